The Balaban J connectivity index is 1.82. The molecule has 0 N–H and O–H groups in total. The molecular weight excluding hydrogens is 364 g/mol. The van der Waals surface area contributed by atoms with Crippen LogP contribution in [0.3, 0.4) is 0 Å². The van der Waals surface area contributed by atoms with Crippen molar-refractivity contribution in [2.24, 2.45) is 0 Å². The van der Waals surface area contributed by atoms with Crippen molar-refractivity contribution in [3.8, 4) is 39.2 Å². The van der Waals surface area contributed by atoms with Crippen molar-refractivity contribution in [1.82, 2.24) is 19.8 Å². The zero-order valence-corrected chi connectivity index (χ0v) is 16.2. The molecule has 8 heteroatoms. The first-order chi connectivity index (χ1) is 13.1. The van der Waals surface area contributed by atoms with E-state index in [1.807, 2.05) is 36.4 Å². The number of ether oxygens (including phenoxy) is 3. The highest BCUT2D eigenvalue weighted by atomic mass is 32.1. The molecule has 0 unspecified atom stereocenters. The first kappa shape index (κ1) is 17.3. The summed E-state index contributed by atoms with van der Waals surface area (Å²) in [6.07, 6.45) is 0. The first-order valence-electron chi connectivity index (χ1n) is 8.24. The Hall–Kier alpha value is -3.13. The lowest BCUT2D eigenvalue weighted by Crippen LogP contribution is -1.96. The monoisotopic (exact) mass is 382 g/mol. The molecule has 0 aliphatic heterocycles. The Bertz CT molecular complexity index is 1080. The van der Waals surface area contributed by atoms with Gasteiger partial charge in [0.05, 0.1) is 21.3 Å². The third-order valence-corrected chi connectivity index (χ3v) is 5.16. The SMILES string of the molecule is COc1cc(-c2nn3c(-c4ccc(C)cc4)nnc3s2)cc(OC)c1OC. The lowest BCUT2D eigenvalue weighted by Gasteiger charge is -2.13. The fraction of sp³-hybridized carbons (Fsp3) is 0.211. The molecule has 0 aliphatic rings. The van der Waals surface area contributed by atoms with Crippen LogP contribution >= 0.6 is 11.3 Å². The van der Waals surface area contributed by atoms with E-state index in [0.29, 0.717) is 28.0 Å². The predicted octanol–water partition coefficient (Wildman–Crippen LogP) is 3.85. The van der Waals surface area contributed by atoms with Crippen LogP contribution in [0.25, 0.3) is 26.9 Å². The second-order valence-corrected chi connectivity index (χ2v) is 6.86. The fourth-order valence-electron chi connectivity index (χ4n) is 2.82. The quantitative estimate of drug-likeness (QED) is 0.522. The Labute approximate surface area is 160 Å². The highest BCUT2D eigenvalue weighted by Gasteiger charge is 2.18. The van der Waals surface area contributed by atoms with Crippen LogP contribution in [0.4, 0.5) is 0 Å². The number of fused-ring (bicyclic) bond motifs is 1. The summed E-state index contributed by atoms with van der Waals surface area (Å²) in [5.41, 5.74) is 3.01. The van der Waals surface area contributed by atoms with Crippen LogP contribution in [0.2, 0.25) is 0 Å². The lowest BCUT2D eigenvalue weighted by atomic mass is 10.1. The molecular formula is C19H18N4O3S. The zero-order chi connectivity index (χ0) is 19.0. The molecule has 4 aromatic rings. The van der Waals surface area contributed by atoms with E-state index >= 15 is 0 Å². The molecule has 2 heterocycles. The highest BCUT2D eigenvalue weighted by molar-refractivity contribution is 7.19. The Morgan fingerprint density at radius 2 is 1.52 bits per heavy atom. The third-order valence-electron chi connectivity index (χ3n) is 4.21. The Morgan fingerprint density at radius 3 is 2.11 bits per heavy atom. The normalized spacial score (nSPS) is 11.0. The largest absolute Gasteiger partial charge is 0.493 e. The van der Waals surface area contributed by atoms with Gasteiger partial charge in [0.25, 0.3) is 0 Å². The average molecular weight is 382 g/mol. The first-order valence-corrected chi connectivity index (χ1v) is 9.06. The molecule has 27 heavy (non-hydrogen) atoms. The van der Waals surface area contributed by atoms with Crippen LogP contribution in [0.15, 0.2) is 36.4 Å². The van der Waals surface area contributed by atoms with Gasteiger partial charge in [-0.1, -0.05) is 41.2 Å². The Kier molecular flexibility index (Phi) is 4.41. The predicted molar refractivity (Wildman–Crippen MR) is 104 cm³/mol. The summed E-state index contributed by atoms with van der Waals surface area (Å²) in [6.45, 7) is 2.05. The number of nitrogens with zero attached hydrogens (tertiary/aromatic N) is 4. The van der Waals surface area contributed by atoms with Crippen molar-refractivity contribution >= 4 is 16.3 Å². The van der Waals surface area contributed by atoms with Gasteiger partial charge in [-0.3, -0.25) is 0 Å². The summed E-state index contributed by atoms with van der Waals surface area (Å²) < 4.78 is 18.0. The van der Waals surface area contributed by atoms with E-state index in [9.17, 15) is 0 Å². The van der Waals surface area contributed by atoms with E-state index in [-0.39, 0.29) is 0 Å². The van der Waals surface area contributed by atoms with Crippen molar-refractivity contribution in [3.63, 3.8) is 0 Å². The van der Waals surface area contributed by atoms with Gasteiger partial charge in [-0.25, -0.2) is 0 Å². The molecule has 0 saturated heterocycles. The van der Waals surface area contributed by atoms with E-state index in [1.54, 1.807) is 25.8 Å². The molecule has 0 radical (unpaired) electrons. The van der Waals surface area contributed by atoms with Gasteiger partial charge in [-0.2, -0.15) is 9.61 Å². The fourth-order valence-corrected chi connectivity index (χ4v) is 3.65. The minimum Gasteiger partial charge on any atom is -0.493 e. The van der Waals surface area contributed by atoms with Crippen LogP contribution in [-0.2, 0) is 0 Å². The van der Waals surface area contributed by atoms with E-state index in [4.69, 9.17) is 19.3 Å². The van der Waals surface area contributed by atoms with Crippen molar-refractivity contribution in [2.75, 3.05) is 21.3 Å². The van der Waals surface area contributed by atoms with Crippen molar-refractivity contribution < 1.29 is 14.2 Å². The van der Waals surface area contributed by atoms with E-state index < -0.39 is 0 Å². The highest BCUT2D eigenvalue weighted by Crippen LogP contribution is 2.42. The molecule has 0 aliphatic carbocycles. The second-order valence-electron chi connectivity index (χ2n) is 5.91. The summed E-state index contributed by atoms with van der Waals surface area (Å²) in [6, 6.07) is 11.9. The van der Waals surface area contributed by atoms with Gasteiger partial charge < -0.3 is 14.2 Å². The average Bonchev–Trinajstić information content (AvgIpc) is 3.28. The second kappa shape index (κ2) is 6.88. The maximum absolute atomic E-state index is 5.44. The summed E-state index contributed by atoms with van der Waals surface area (Å²) in [4.78, 5) is 0.717. The molecule has 0 bridgehead atoms. The third kappa shape index (κ3) is 2.97. The van der Waals surface area contributed by atoms with Crippen molar-refractivity contribution in [1.29, 1.82) is 0 Å². The number of hydrogen-bond acceptors (Lipinski definition) is 7. The van der Waals surface area contributed by atoms with Crippen LogP contribution in [0, 0.1) is 6.92 Å². The van der Waals surface area contributed by atoms with Gasteiger partial charge in [0.2, 0.25) is 10.7 Å². The standard InChI is InChI=1S/C19H18N4O3S/c1-11-5-7-12(8-6-11)17-20-21-19-23(17)22-18(27-19)13-9-14(24-2)16(26-4)15(10-13)25-3/h5-10H,1-4H3. The van der Waals surface area contributed by atoms with Gasteiger partial charge in [0.1, 0.15) is 5.01 Å². The maximum Gasteiger partial charge on any atom is 0.235 e. The maximum atomic E-state index is 5.44. The van der Waals surface area contributed by atoms with Gasteiger partial charge in [0, 0.05) is 11.1 Å². The van der Waals surface area contributed by atoms with Crippen LogP contribution in [0.1, 0.15) is 5.56 Å². The molecule has 2 aromatic heterocycles. The number of hydrogen-bond donors (Lipinski definition) is 0. The smallest absolute Gasteiger partial charge is 0.235 e. The molecule has 0 atom stereocenters. The summed E-state index contributed by atoms with van der Waals surface area (Å²) in [5, 5.41) is 14.0. The van der Waals surface area contributed by atoms with Crippen molar-refractivity contribution in [2.45, 2.75) is 6.92 Å². The number of aryl methyl sites for hydroxylation is 1. The molecule has 0 spiro atoms. The Morgan fingerprint density at radius 1 is 0.852 bits per heavy atom. The van der Waals surface area contributed by atoms with Crippen molar-refractivity contribution in [3.05, 3.63) is 42.0 Å². The lowest BCUT2D eigenvalue weighted by molar-refractivity contribution is 0.324. The van der Waals surface area contributed by atoms with Crippen LogP contribution < -0.4 is 14.2 Å². The number of methoxy groups -OCH3 is 3. The molecule has 4 rings (SSSR count). The van der Waals surface area contributed by atoms with Crippen LogP contribution in [0.5, 0.6) is 17.2 Å². The van der Waals surface area contributed by atoms with E-state index in [1.165, 1.54) is 16.9 Å². The molecule has 138 valence electrons. The van der Waals surface area contributed by atoms with Crippen LogP contribution in [-0.4, -0.2) is 41.1 Å². The molecule has 7 nitrogen and oxygen atoms in total. The summed E-state index contributed by atoms with van der Waals surface area (Å²) in [5.74, 6) is 2.42. The number of benzene rings is 2. The zero-order valence-electron chi connectivity index (χ0n) is 15.4. The van der Waals surface area contributed by atoms with Gasteiger partial charge in [0.15, 0.2) is 17.3 Å². The minimum atomic E-state index is 0.548. The summed E-state index contributed by atoms with van der Waals surface area (Å²) in [7, 11) is 4.77. The van der Waals surface area contributed by atoms with Gasteiger partial charge in [-0.05, 0) is 19.1 Å². The molecule has 0 saturated carbocycles. The molecule has 2 aromatic carbocycles. The molecule has 0 amide bonds. The van der Waals surface area contributed by atoms with Gasteiger partial charge >= 0.3 is 0 Å². The topological polar surface area (TPSA) is 70.8 Å². The number of aromatic nitrogens is 4. The van der Waals surface area contributed by atoms with E-state index in [2.05, 4.69) is 17.1 Å². The van der Waals surface area contributed by atoms with E-state index in [0.717, 1.165) is 16.1 Å². The summed E-state index contributed by atoms with van der Waals surface area (Å²) >= 11 is 1.45. The minimum absolute atomic E-state index is 0.548. The molecule has 0 fully saturated rings. The number of rotatable bonds is 5. The van der Waals surface area contributed by atoms with Gasteiger partial charge in [-0.15, -0.1) is 10.2 Å².